The molecule has 2 rings (SSSR count). The highest BCUT2D eigenvalue weighted by Gasteiger charge is 2.31. The number of benzene rings is 2. The van der Waals surface area contributed by atoms with E-state index < -0.39 is 11.7 Å². The van der Waals surface area contributed by atoms with Gasteiger partial charge in [-0.15, -0.1) is 0 Å². The zero-order chi connectivity index (χ0) is 14.8. The van der Waals surface area contributed by atoms with Gasteiger partial charge in [0.2, 0.25) is 0 Å². The van der Waals surface area contributed by atoms with Crippen LogP contribution in [0.5, 0.6) is 0 Å². The third kappa shape index (κ3) is 3.61. The second-order valence-corrected chi connectivity index (χ2v) is 4.82. The Kier molecular flexibility index (Phi) is 4.14. The van der Waals surface area contributed by atoms with E-state index in [-0.39, 0.29) is 5.56 Å². The third-order valence-corrected chi connectivity index (χ3v) is 3.05. The van der Waals surface area contributed by atoms with Crippen molar-refractivity contribution < 1.29 is 18.0 Å². The molecule has 2 aromatic carbocycles. The first-order valence-electron chi connectivity index (χ1n) is 5.79. The van der Waals surface area contributed by atoms with Crippen molar-refractivity contribution in [1.29, 1.82) is 0 Å². The molecular weight excluding hydrogens is 289 g/mol. The van der Waals surface area contributed by atoms with Crippen molar-refractivity contribution in [3.63, 3.8) is 0 Å². The number of halogens is 4. The van der Waals surface area contributed by atoms with Gasteiger partial charge in [0.1, 0.15) is 6.29 Å². The SMILES string of the molecule is O=Cc1cc(Cc2ccc(Cl)cc2)cc(C(F)(F)F)c1. The second kappa shape index (κ2) is 5.67. The maximum atomic E-state index is 12.7. The van der Waals surface area contributed by atoms with Gasteiger partial charge in [-0.05, 0) is 47.9 Å². The Morgan fingerprint density at radius 2 is 1.65 bits per heavy atom. The quantitative estimate of drug-likeness (QED) is 0.747. The van der Waals surface area contributed by atoms with Gasteiger partial charge < -0.3 is 0 Å². The molecule has 0 saturated heterocycles. The summed E-state index contributed by atoms with van der Waals surface area (Å²) in [6, 6.07) is 10.2. The fourth-order valence-corrected chi connectivity index (χ4v) is 2.02. The number of rotatable bonds is 3. The molecule has 0 amide bonds. The molecule has 20 heavy (non-hydrogen) atoms. The topological polar surface area (TPSA) is 17.1 Å². The van der Waals surface area contributed by atoms with Crippen LogP contribution < -0.4 is 0 Å². The fraction of sp³-hybridized carbons (Fsp3) is 0.133. The van der Waals surface area contributed by atoms with E-state index in [0.717, 1.165) is 17.7 Å². The van der Waals surface area contributed by atoms with E-state index in [1.54, 1.807) is 24.3 Å². The first-order valence-corrected chi connectivity index (χ1v) is 6.17. The largest absolute Gasteiger partial charge is 0.416 e. The number of carbonyl (C=O) groups excluding carboxylic acids is 1. The van der Waals surface area contributed by atoms with Crippen molar-refractivity contribution in [3.8, 4) is 0 Å². The van der Waals surface area contributed by atoms with Crippen LogP contribution in [-0.4, -0.2) is 6.29 Å². The Bertz CT molecular complexity index is 618. The lowest BCUT2D eigenvalue weighted by Gasteiger charge is -2.10. The molecule has 0 unspecified atom stereocenters. The number of hydrogen-bond acceptors (Lipinski definition) is 1. The van der Waals surface area contributed by atoms with E-state index in [0.29, 0.717) is 23.3 Å². The number of hydrogen-bond donors (Lipinski definition) is 0. The highest BCUT2D eigenvalue weighted by molar-refractivity contribution is 6.30. The summed E-state index contributed by atoms with van der Waals surface area (Å²) in [4.78, 5) is 10.8. The number of aldehydes is 1. The van der Waals surface area contributed by atoms with E-state index in [1.165, 1.54) is 6.07 Å². The monoisotopic (exact) mass is 298 g/mol. The van der Waals surface area contributed by atoms with Crippen LogP contribution in [-0.2, 0) is 12.6 Å². The van der Waals surface area contributed by atoms with Gasteiger partial charge in [0, 0.05) is 10.6 Å². The molecule has 104 valence electrons. The van der Waals surface area contributed by atoms with Crippen LogP contribution in [0.1, 0.15) is 27.0 Å². The summed E-state index contributed by atoms with van der Waals surface area (Å²) >= 11 is 5.75. The summed E-state index contributed by atoms with van der Waals surface area (Å²) in [6.07, 6.45) is -3.74. The van der Waals surface area contributed by atoms with Gasteiger partial charge in [-0.2, -0.15) is 13.2 Å². The summed E-state index contributed by atoms with van der Waals surface area (Å²) in [6.45, 7) is 0. The number of alkyl halides is 3. The van der Waals surface area contributed by atoms with E-state index in [2.05, 4.69) is 0 Å². The summed E-state index contributed by atoms with van der Waals surface area (Å²) in [7, 11) is 0. The van der Waals surface area contributed by atoms with Gasteiger partial charge in [0.05, 0.1) is 5.56 Å². The predicted octanol–water partition coefficient (Wildman–Crippen LogP) is 4.76. The zero-order valence-corrected chi connectivity index (χ0v) is 11.0. The molecule has 0 bridgehead atoms. The van der Waals surface area contributed by atoms with Crippen molar-refractivity contribution in [2.24, 2.45) is 0 Å². The molecule has 0 heterocycles. The fourth-order valence-electron chi connectivity index (χ4n) is 1.89. The van der Waals surface area contributed by atoms with Gasteiger partial charge in [-0.3, -0.25) is 4.79 Å². The van der Waals surface area contributed by atoms with Crippen LogP contribution in [0.15, 0.2) is 42.5 Å². The predicted molar refractivity (Wildman–Crippen MR) is 71.1 cm³/mol. The van der Waals surface area contributed by atoms with Gasteiger partial charge in [0.25, 0.3) is 0 Å². The summed E-state index contributed by atoms with van der Waals surface area (Å²) in [5.41, 5.74) is 0.463. The second-order valence-electron chi connectivity index (χ2n) is 4.38. The van der Waals surface area contributed by atoms with E-state index in [9.17, 15) is 18.0 Å². The minimum Gasteiger partial charge on any atom is -0.298 e. The van der Waals surface area contributed by atoms with Gasteiger partial charge in [-0.1, -0.05) is 23.7 Å². The minimum atomic E-state index is -4.46. The van der Waals surface area contributed by atoms with E-state index in [1.807, 2.05) is 0 Å². The molecular formula is C15H10ClF3O. The molecule has 0 spiro atoms. The highest BCUT2D eigenvalue weighted by atomic mass is 35.5. The van der Waals surface area contributed by atoms with Crippen molar-refractivity contribution in [2.75, 3.05) is 0 Å². The third-order valence-electron chi connectivity index (χ3n) is 2.80. The lowest BCUT2D eigenvalue weighted by Crippen LogP contribution is -2.07. The molecule has 0 fully saturated rings. The average molecular weight is 299 g/mol. The van der Waals surface area contributed by atoms with Gasteiger partial charge >= 0.3 is 6.18 Å². The van der Waals surface area contributed by atoms with Crippen molar-refractivity contribution in [1.82, 2.24) is 0 Å². The Labute approximate surface area is 119 Å². The van der Waals surface area contributed by atoms with Crippen LogP contribution in [0.4, 0.5) is 13.2 Å². The summed E-state index contributed by atoms with van der Waals surface area (Å²) in [5, 5.41) is 0.561. The van der Waals surface area contributed by atoms with Crippen LogP contribution in [0.3, 0.4) is 0 Å². The molecule has 0 aliphatic rings. The molecule has 1 nitrogen and oxygen atoms in total. The standard InChI is InChI=1S/C15H10ClF3O/c16-14-3-1-10(2-4-14)5-11-6-12(9-20)8-13(7-11)15(17,18)19/h1-4,6-9H,5H2. The average Bonchev–Trinajstić information content (AvgIpc) is 2.40. The molecule has 0 aliphatic heterocycles. The maximum Gasteiger partial charge on any atom is 0.416 e. The minimum absolute atomic E-state index is 0.0174. The zero-order valence-electron chi connectivity index (χ0n) is 10.2. The normalized spacial score (nSPS) is 11.4. The first-order chi connectivity index (χ1) is 9.38. The van der Waals surface area contributed by atoms with Crippen molar-refractivity contribution in [2.45, 2.75) is 12.6 Å². The molecule has 0 aliphatic carbocycles. The molecule has 2 aromatic rings. The Morgan fingerprint density at radius 3 is 2.20 bits per heavy atom. The molecule has 0 N–H and O–H groups in total. The van der Waals surface area contributed by atoms with E-state index in [4.69, 9.17) is 11.6 Å². The molecule has 0 atom stereocenters. The number of carbonyl (C=O) groups is 1. The molecule has 0 aromatic heterocycles. The van der Waals surface area contributed by atoms with Crippen molar-refractivity contribution >= 4 is 17.9 Å². The summed E-state index contributed by atoms with van der Waals surface area (Å²) < 4.78 is 38.2. The van der Waals surface area contributed by atoms with Gasteiger partial charge in [0.15, 0.2) is 0 Å². The lowest BCUT2D eigenvalue weighted by molar-refractivity contribution is -0.137. The maximum absolute atomic E-state index is 12.7. The molecule has 0 saturated carbocycles. The van der Waals surface area contributed by atoms with Crippen LogP contribution in [0, 0.1) is 0 Å². The van der Waals surface area contributed by atoms with Gasteiger partial charge in [-0.25, -0.2) is 0 Å². The highest BCUT2D eigenvalue weighted by Crippen LogP contribution is 2.31. The Morgan fingerprint density at radius 1 is 1.00 bits per heavy atom. The Balaban J connectivity index is 2.36. The smallest absolute Gasteiger partial charge is 0.298 e. The Hall–Kier alpha value is -1.81. The molecule has 5 heteroatoms. The van der Waals surface area contributed by atoms with Crippen molar-refractivity contribution in [3.05, 3.63) is 69.7 Å². The first kappa shape index (κ1) is 14.6. The van der Waals surface area contributed by atoms with E-state index >= 15 is 0 Å². The van der Waals surface area contributed by atoms with Crippen LogP contribution >= 0.6 is 11.6 Å². The summed E-state index contributed by atoms with van der Waals surface area (Å²) in [5.74, 6) is 0. The lowest BCUT2D eigenvalue weighted by atomic mass is 10.00. The molecule has 0 radical (unpaired) electrons. The van der Waals surface area contributed by atoms with Crippen LogP contribution in [0.25, 0.3) is 0 Å². The van der Waals surface area contributed by atoms with Crippen LogP contribution in [0.2, 0.25) is 5.02 Å².